The third-order valence-electron chi connectivity index (χ3n) is 1.56. The highest BCUT2D eigenvalue weighted by Crippen LogP contribution is 2.17. The lowest BCUT2D eigenvalue weighted by Crippen LogP contribution is -1.86. The van der Waals surface area contributed by atoms with E-state index in [2.05, 4.69) is 32.2 Å². The Morgan fingerprint density at radius 2 is 1.75 bits per heavy atom. The summed E-state index contributed by atoms with van der Waals surface area (Å²) in [5, 5.41) is 0. The molecule has 0 heterocycles. The minimum atomic E-state index is 0.972. The van der Waals surface area contributed by atoms with Crippen LogP contribution in [-0.2, 0) is 0 Å². The first-order chi connectivity index (χ1) is 5.74. The maximum absolute atomic E-state index is 5.13. The van der Waals surface area contributed by atoms with Gasteiger partial charge in [0.2, 0.25) is 0 Å². The van der Waals surface area contributed by atoms with Crippen LogP contribution in [0.1, 0.15) is 11.1 Å². The Balaban J connectivity index is 0.000000561. The van der Waals surface area contributed by atoms with Crippen molar-refractivity contribution in [3.8, 4) is 5.75 Å². The Labute approximate surface area is 74.7 Å². The topological polar surface area (TPSA) is 9.23 Å². The molecule has 1 rings (SSSR count). The zero-order chi connectivity index (χ0) is 9.56. The highest BCUT2D eigenvalue weighted by molar-refractivity contribution is 5.35. The zero-order valence-electron chi connectivity index (χ0n) is 8.05. The monoisotopic (exact) mass is 164 g/mol. The molecule has 0 saturated carbocycles. The fraction of sp³-hybridized carbons (Fsp3) is 0.273. The van der Waals surface area contributed by atoms with Gasteiger partial charge in [-0.25, -0.2) is 0 Å². The Bertz CT molecular complexity index is 241. The number of ether oxygens (including phenoxy) is 1. The van der Waals surface area contributed by atoms with Gasteiger partial charge in [0.15, 0.2) is 0 Å². The molecule has 0 atom stereocenters. The van der Waals surface area contributed by atoms with Gasteiger partial charge in [-0.1, -0.05) is 12.1 Å². The first-order valence-electron chi connectivity index (χ1n) is 3.85. The third kappa shape index (κ3) is 2.79. The molecule has 0 spiro atoms. The molecular formula is C11H16O. The van der Waals surface area contributed by atoms with E-state index in [1.165, 1.54) is 11.1 Å². The molecule has 1 heteroatoms. The molecule has 0 saturated heterocycles. The highest BCUT2D eigenvalue weighted by atomic mass is 16.5. The normalized spacial score (nSPS) is 8.25. The van der Waals surface area contributed by atoms with Crippen molar-refractivity contribution in [1.82, 2.24) is 0 Å². The minimum absolute atomic E-state index is 0.972. The van der Waals surface area contributed by atoms with E-state index in [9.17, 15) is 0 Å². The van der Waals surface area contributed by atoms with Crippen LogP contribution in [-0.4, -0.2) is 7.11 Å². The molecule has 1 aromatic rings. The van der Waals surface area contributed by atoms with Crippen LogP contribution in [0.15, 0.2) is 31.4 Å². The summed E-state index contributed by atoms with van der Waals surface area (Å²) in [5.41, 5.74) is 2.43. The molecule has 1 aromatic carbocycles. The quantitative estimate of drug-likeness (QED) is 0.579. The summed E-state index contributed by atoms with van der Waals surface area (Å²) in [4.78, 5) is 0. The van der Waals surface area contributed by atoms with Crippen molar-refractivity contribution >= 4 is 0 Å². The number of benzene rings is 1. The van der Waals surface area contributed by atoms with Crippen molar-refractivity contribution in [1.29, 1.82) is 0 Å². The van der Waals surface area contributed by atoms with Gasteiger partial charge in [0.05, 0.1) is 7.11 Å². The van der Waals surface area contributed by atoms with Gasteiger partial charge in [0, 0.05) is 0 Å². The second-order valence-corrected chi connectivity index (χ2v) is 2.47. The molecular weight excluding hydrogens is 148 g/mol. The van der Waals surface area contributed by atoms with Gasteiger partial charge in [0.25, 0.3) is 0 Å². The average Bonchev–Trinajstić information content (AvgIpc) is 2.13. The second-order valence-electron chi connectivity index (χ2n) is 2.47. The van der Waals surface area contributed by atoms with E-state index < -0.39 is 0 Å². The van der Waals surface area contributed by atoms with Crippen LogP contribution in [0.5, 0.6) is 5.75 Å². The van der Waals surface area contributed by atoms with Gasteiger partial charge in [-0.3, -0.25) is 0 Å². The Morgan fingerprint density at radius 1 is 1.17 bits per heavy atom. The Hall–Kier alpha value is -1.24. The van der Waals surface area contributed by atoms with Gasteiger partial charge in [-0.2, -0.15) is 0 Å². The zero-order valence-corrected chi connectivity index (χ0v) is 8.05. The molecule has 1 nitrogen and oxygen atoms in total. The lowest BCUT2D eigenvalue weighted by molar-refractivity contribution is 0.411. The van der Waals surface area contributed by atoms with Crippen LogP contribution >= 0.6 is 0 Å². The number of rotatable bonds is 1. The van der Waals surface area contributed by atoms with E-state index in [0.29, 0.717) is 0 Å². The van der Waals surface area contributed by atoms with Crippen LogP contribution in [0.3, 0.4) is 0 Å². The first-order valence-corrected chi connectivity index (χ1v) is 3.85. The summed E-state index contributed by atoms with van der Waals surface area (Å²) in [6, 6.07) is 6.18. The smallest absolute Gasteiger partial charge is 0.122 e. The second kappa shape index (κ2) is 5.42. The molecule has 0 N–H and O–H groups in total. The molecule has 0 aliphatic heterocycles. The van der Waals surface area contributed by atoms with Gasteiger partial charge >= 0.3 is 0 Å². The highest BCUT2D eigenvalue weighted by Gasteiger charge is 1.94. The van der Waals surface area contributed by atoms with Crippen LogP contribution in [0.4, 0.5) is 0 Å². The maximum Gasteiger partial charge on any atom is 0.122 e. The number of methoxy groups -OCH3 is 1. The van der Waals surface area contributed by atoms with Crippen molar-refractivity contribution < 1.29 is 4.74 Å². The maximum atomic E-state index is 5.13. The van der Waals surface area contributed by atoms with E-state index in [1.807, 2.05) is 13.0 Å². The Morgan fingerprint density at radius 3 is 2.17 bits per heavy atom. The lowest BCUT2D eigenvalue weighted by Gasteiger charge is -2.03. The first kappa shape index (κ1) is 10.8. The average molecular weight is 164 g/mol. The summed E-state index contributed by atoms with van der Waals surface area (Å²) < 4.78 is 5.13. The van der Waals surface area contributed by atoms with Crippen molar-refractivity contribution in [2.45, 2.75) is 13.8 Å². The predicted octanol–water partition coefficient (Wildman–Crippen LogP) is 3.11. The molecule has 12 heavy (non-hydrogen) atoms. The molecule has 0 unspecified atom stereocenters. The summed E-state index contributed by atoms with van der Waals surface area (Å²) in [5.74, 6) is 0.972. The van der Waals surface area contributed by atoms with Crippen molar-refractivity contribution in [3.05, 3.63) is 42.5 Å². The molecule has 0 aliphatic carbocycles. The van der Waals surface area contributed by atoms with Gasteiger partial charge in [0.1, 0.15) is 5.75 Å². The standard InChI is InChI=1S/C9H12O.C2H4/c1-7-4-5-8(2)9(6-7)10-3;1-2/h4-6H,1-3H3;1-2H2. The summed E-state index contributed by atoms with van der Waals surface area (Å²) >= 11 is 0. The summed E-state index contributed by atoms with van der Waals surface area (Å²) in [6.45, 7) is 10.1. The van der Waals surface area contributed by atoms with Crippen LogP contribution in [0, 0.1) is 13.8 Å². The molecule has 66 valence electrons. The van der Waals surface area contributed by atoms with Gasteiger partial charge in [-0.05, 0) is 31.0 Å². The minimum Gasteiger partial charge on any atom is -0.496 e. The molecule has 0 fully saturated rings. The van der Waals surface area contributed by atoms with Crippen LogP contribution < -0.4 is 4.74 Å². The molecule has 0 aromatic heterocycles. The summed E-state index contributed by atoms with van der Waals surface area (Å²) in [7, 11) is 1.70. The van der Waals surface area contributed by atoms with E-state index in [1.54, 1.807) is 7.11 Å². The van der Waals surface area contributed by atoms with Gasteiger partial charge in [-0.15, -0.1) is 13.2 Å². The van der Waals surface area contributed by atoms with Crippen molar-refractivity contribution in [2.75, 3.05) is 7.11 Å². The van der Waals surface area contributed by atoms with Gasteiger partial charge < -0.3 is 4.74 Å². The molecule has 0 bridgehead atoms. The fourth-order valence-electron chi connectivity index (χ4n) is 0.927. The number of aryl methyl sites for hydroxylation is 2. The van der Waals surface area contributed by atoms with Crippen LogP contribution in [0.2, 0.25) is 0 Å². The SMILES string of the molecule is C=C.COc1cc(C)ccc1C. The van der Waals surface area contributed by atoms with E-state index in [-0.39, 0.29) is 0 Å². The van der Waals surface area contributed by atoms with Crippen molar-refractivity contribution in [3.63, 3.8) is 0 Å². The summed E-state index contributed by atoms with van der Waals surface area (Å²) in [6.07, 6.45) is 0. The van der Waals surface area contributed by atoms with E-state index >= 15 is 0 Å². The van der Waals surface area contributed by atoms with E-state index in [4.69, 9.17) is 4.74 Å². The van der Waals surface area contributed by atoms with Crippen molar-refractivity contribution in [2.24, 2.45) is 0 Å². The lowest BCUT2D eigenvalue weighted by atomic mass is 10.1. The Kier molecular flexibility index (Phi) is 4.86. The predicted molar refractivity (Wildman–Crippen MR) is 53.7 cm³/mol. The van der Waals surface area contributed by atoms with Crippen LogP contribution in [0.25, 0.3) is 0 Å². The molecule has 0 amide bonds. The van der Waals surface area contributed by atoms with E-state index in [0.717, 1.165) is 5.75 Å². The third-order valence-corrected chi connectivity index (χ3v) is 1.56. The largest absolute Gasteiger partial charge is 0.496 e. The molecule has 0 aliphatic rings. The number of hydrogen-bond acceptors (Lipinski definition) is 1. The fourth-order valence-corrected chi connectivity index (χ4v) is 0.927. The number of hydrogen-bond donors (Lipinski definition) is 0. The molecule has 0 radical (unpaired) electrons.